The fourth-order valence-electron chi connectivity index (χ4n) is 1.57. The number of amides is 1. The molecule has 0 fully saturated rings. The van der Waals surface area contributed by atoms with Gasteiger partial charge in [-0.05, 0) is 18.1 Å². The lowest BCUT2D eigenvalue weighted by atomic mass is 10.1. The van der Waals surface area contributed by atoms with Gasteiger partial charge in [0.05, 0.1) is 0 Å². The molecule has 4 nitrogen and oxygen atoms in total. The van der Waals surface area contributed by atoms with Crippen molar-refractivity contribution in [2.75, 3.05) is 26.0 Å². The van der Waals surface area contributed by atoms with Crippen molar-refractivity contribution in [3.05, 3.63) is 23.9 Å². The molecule has 1 unspecified atom stereocenters. The van der Waals surface area contributed by atoms with Crippen LogP contribution in [0.3, 0.4) is 0 Å². The molecule has 0 bridgehead atoms. The zero-order chi connectivity index (χ0) is 12.8. The highest BCUT2D eigenvalue weighted by Gasteiger charge is 2.15. The third-order valence-electron chi connectivity index (χ3n) is 2.85. The molecule has 0 radical (unpaired) electrons. The Morgan fingerprint density at radius 2 is 2.24 bits per heavy atom. The van der Waals surface area contributed by atoms with Crippen LogP contribution in [0.5, 0.6) is 0 Å². The van der Waals surface area contributed by atoms with Gasteiger partial charge in [0.1, 0.15) is 11.5 Å². The molecule has 1 amide bonds. The molecule has 1 aromatic rings. The van der Waals surface area contributed by atoms with Gasteiger partial charge >= 0.3 is 0 Å². The molecule has 0 spiro atoms. The molecule has 1 aromatic heterocycles. The van der Waals surface area contributed by atoms with Crippen molar-refractivity contribution in [1.82, 2.24) is 9.88 Å². The summed E-state index contributed by atoms with van der Waals surface area (Å²) >= 11 is 0. The molecular weight excluding hydrogens is 214 g/mol. The number of hydrogen-bond acceptors (Lipinski definition) is 3. The van der Waals surface area contributed by atoms with E-state index in [1.165, 1.54) is 0 Å². The summed E-state index contributed by atoms with van der Waals surface area (Å²) in [6.07, 6.45) is 1.07. The third kappa shape index (κ3) is 3.73. The van der Waals surface area contributed by atoms with E-state index in [9.17, 15) is 4.79 Å². The molecule has 1 N–H and O–H groups in total. The lowest BCUT2D eigenvalue weighted by Gasteiger charge is -2.20. The fourth-order valence-corrected chi connectivity index (χ4v) is 1.57. The second-order valence-electron chi connectivity index (χ2n) is 4.36. The zero-order valence-corrected chi connectivity index (χ0v) is 11.0. The Labute approximate surface area is 103 Å². The monoisotopic (exact) mass is 235 g/mol. The van der Waals surface area contributed by atoms with E-state index in [1.54, 1.807) is 18.0 Å². The first-order chi connectivity index (χ1) is 8.08. The van der Waals surface area contributed by atoms with E-state index >= 15 is 0 Å². The number of nitrogens with one attached hydrogen (secondary N) is 1. The molecule has 94 valence electrons. The van der Waals surface area contributed by atoms with E-state index < -0.39 is 0 Å². The van der Waals surface area contributed by atoms with E-state index in [-0.39, 0.29) is 5.91 Å². The van der Waals surface area contributed by atoms with Crippen LogP contribution in [0, 0.1) is 5.92 Å². The lowest BCUT2D eigenvalue weighted by Crippen LogP contribution is -2.31. The molecular formula is C13H21N3O. The van der Waals surface area contributed by atoms with Crippen molar-refractivity contribution < 1.29 is 4.79 Å². The second kappa shape index (κ2) is 6.23. The number of carbonyl (C=O) groups is 1. The number of nitrogens with zero attached hydrogens (tertiary/aromatic N) is 2. The van der Waals surface area contributed by atoms with Crippen LogP contribution in [0.25, 0.3) is 0 Å². The van der Waals surface area contributed by atoms with Gasteiger partial charge in [0, 0.05) is 20.6 Å². The van der Waals surface area contributed by atoms with Crippen molar-refractivity contribution in [2.24, 2.45) is 5.92 Å². The molecule has 0 aliphatic heterocycles. The fraction of sp³-hybridized carbons (Fsp3) is 0.538. The maximum absolute atomic E-state index is 12.1. The van der Waals surface area contributed by atoms with Gasteiger partial charge in [-0.2, -0.15) is 0 Å². The number of carbonyl (C=O) groups excluding carboxylic acids is 1. The maximum atomic E-state index is 12.1. The summed E-state index contributed by atoms with van der Waals surface area (Å²) in [4.78, 5) is 18.1. The SMILES string of the molecule is CCC(C)CN(C)C(=O)c1cccc(NC)n1. The summed E-state index contributed by atoms with van der Waals surface area (Å²) in [5.41, 5.74) is 0.489. The molecule has 0 saturated carbocycles. The minimum atomic E-state index is -0.0256. The van der Waals surface area contributed by atoms with Crippen molar-refractivity contribution in [1.29, 1.82) is 0 Å². The van der Waals surface area contributed by atoms with Crippen LogP contribution in [0.1, 0.15) is 30.8 Å². The Morgan fingerprint density at radius 1 is 1.53 bits per heavy atom. The van der Waals surface area contributed by atoms with Crippen LogP contribution in [0.15, 0.2) is 18.2 Å². The Hall–Kier alpha value is -1.58. The minimum absolute atomic E-state index is 0.0256. The van der Waals surface area contributed by atoms with E-state index in [2.05, 4.69) is 24.1 Å². The lowest BCUT2D eigenvalue weighted by molar-refractivity contribution is 0.0769. The quantitative estimate of drug-likeness (QED) is 0.851. The van der Waals surface area contributed by atoms with Gasteiger partial charge in [-0.1, -0.05) is 26.3 Å². The van der Waals surface area contributed by atoms with Crippen LogP contribution >= 0.6 is 0 Å². The van der Waals surface area contributed by atoms with Gasteiger partial charge in [0.15, 0.2) is 0 Å². The summed E-state index contributed by atoms with van der Waals surface area (Å²) in [7, 11) is 3.61. The average Bonchev–Trinajstić information content (AvgIpc) is 2.37. The van der Waals surface area contributed by atoms with Crippen molar-refractivity contribution in [3.63, 3.8) is 0 Å². The van der Waals surface area contributed by atoms with Crippen molar-refractivity contribution in [2.45, 2.75) is 20.3 Å². The molecule has 0 saturated heterocycles. The molecule has 4 heteroatoms. The van der Waals surface area contributed by atoms with E-state index in [0.29, 0.717) is 17.4 Å². The summed E-state index contributed by atoms with van der Waals surface area (Å²) in [6, 6.07) is 5.42. The average molecular weight is 235 g/mol. The normalized spacial score (nSPS) is 12.0. The first-order valence-corrected chi connectivity index (χ1v) is 5.98. The predicted octanol–water partition coefficient (Wildman–Crippen LogP) is 2.24. The Bertz CT molecular complexity index is 379. The highest BCUT2D eigenvalue weighted by atomic mass is 16.2. The van der Waals surface area contributed by atoms with Crippen LogP contribution in [0.4, 0.5) is 5.82 Å². The number of hydrogen-bond donors (Lipinski definition) is 1. The number of aromatic nitrogens is 1. The maximum Gasteiger partial charge on any atom is 0.272 e. The van der Waals surface area contributed by atoms with E-state index in [4.69, 9.17) is 0 Å². The van der Waals surface area contributed by atoms with Gasteiger partial charge in [-0.15, -0.1) is 0 Å². The largest absolute Gasteiger partial charge is 0.373 e. The van der Waals surface area contributed by atoms with Gasteiger partial charge in [0.2, 0.25) is 0 Å². The number of pyridine rings is 1. The van der Waals surface area contributed by atoms with Crippen molar-refractivity contribution >= 4 is 11.7 Å². The van der Waals surface area contributed by atoms with Crippen LogP contribution in [-0.2, 0) is 0 Å². The number of rotatable bonds is 5. The molecule has 0 aliphatic rings. The van der Waals surface area contributed by atoms with Crippen LogP contribution in [0.2, 0.25) is 0 Å². The highest BCUT2D eigenvalue weighted by molar-refractivity contribution is 5.92. The Morgan fingerprint density at radius 3 is 2.82 bits per heavy atom. The van der Waals surface area contributed by atoms with E-state index in [0.717, 1.165) is 13.0 Å². The zero-order valence-electron chi connectivity index (χ0n) is 11.0. The van der Waals surface area contributed by atoms with Gasteiger partial charge in [0.25, 0.3) is 5.91 Å². The number of anilines is 1. The molecule has 0 aliphatic carbocycles. The first-order valence-electron chi connectivity index (χ1n) is 5.98. The minimum Gasteiger partial charge on any atom is -0.373 e. The topological polar surface area (TPSA) is 45.2 Å². The molecule has 1 rings (SSSR count). The summed E-state index contributed by atoms with van der Waals surface area (Å²) < 4.78 is 0. The Kier molecular flexibility index (Phi) is 4.94. The summed E-state index contributed by atoms with van der Waals surface area (Å²) in [5.74, 6) is 1.20. The standard InChI is InChI=1S/C13H21N3O/c1-5-10(2)9-16(4)13(17)11-7-6-8-12(14-3)15-11/h6-8,10H,5,9H2,1-4H3,(H,14,15). The van der Waals surface area contributed by atoms with Gasteiger partial charge in [-0.3, -0.25) is 4.79 Å². The van der Waals surface area contributed by atoms with Gasteiger partial charge < -0.3 is 10.2 Å². The smallest absolute Gasteiger partial charge is 0.272 e. The third-order valence-corrected chi connectivity index (χ3v) is 2.85. The highest BCUT2D eigenvalue weighted by Crippen LogP contribution is 2.09. The summed E-state index contributed by atoms with van der Waals surface area (Å²) in [6.45, 7) is 5.03. The van der Waals surface area contributed by atoms with Crippen LogP contribution in [-0.4, -0.2) is 36.4 Å². The molecule has 1 heterocycles. The molecule has 1 atom stereocenters. The summed E-state index contributed by atoms with van der Waals surface area (Å²) in [5, 5.41) is 2.93. The molecule has 0 aromatic carbocycles. The second-order valence-corrected chi connectivity index (χ2v) is 4.36. The van der Waals surface area contributed by atoms with Gasteiger partial charge in [-0.25, -0.2) is 4.98 Å². The van der Waals surface area contributed by atoms with Crippen molar-refractivity contribution in [3.8, 4) is 0 Å². The first kappa shape index (κ1) is 13.5. The molecule has 17 heavy (non-hydrogen) atoms. The Balaban J connectivity index is 2.74. The van der Waals surface area contributed by atoms with E-state index in [1.807, 2.05) is 19.2 Å². The predicted molar refractivity (Wildman–Crippen MR) is 70.2 cm³/mol. The van der Waals surface area contributed by atoms with Crippen LogP contribution < -0.4 is 5.32 Å².